The fourth-order valence-electron chi connectivity index (χ4n) is 2.85. The van der Waals surface area contributed by atoms with Gasteiger partial charge in [-0.2, -0.15) is 0 Å². The van der Waals surface area contributed by atoms with Gasteiger partial charge in [-0.25, -0.2) is 13.2 Å². The number of amides is 2. The van der Waals surface area contributed by atoms with E-state index in [-0.39, 0.29) is 25.4 Å². The minimum atomic E-state index is -1.73. The lowest BCUT2D eigenvalue weighted by Crippen LogP contribution is -2.33. The Hall–Kier alpha value is -3.30. The second-order valence-electron chi connectivity index (χ2n) is 6.55. The highest BCUT2D eigenvalue weighted by atomic mass is 19.2. The molecule has 0 bridgehead atoms. The van der Waals surface area contributed by atoms with Crippen LogP contribution in [0.15, 0.2) is 34.9 Å². The smallest absolute Gasteiger partial charge is 0.312 e. The van der Waals surface area contributed by atoms with E-state index < -0.39 is 47.0 Å². The lowest BCUT2D eigenvalue weighted by molar-refractivity contribution is -0.157. The third-order valence-electron chi connectivity index (χ3n) is 4.43. The Balaban J connectivity index is 1.55. The van der Waals surface area contributed by atoms with E-state index in [1.165, 1.54) is 18.1 Å². The molecule has 2 amide bonds. The Bertz CT molecular complexity index is 932. The number of halogens is 3. The molecule has 1 fully saturated rings. The van der Waals surface area contributed by atoms with Crippen LogP contribution in [0.3, 0.4) is 0 Å². The van der Waals surface area contributed by atoms with Crippen molar-refractivity contribution in [3.8, 4) is 0 Å². The number of nitrogens with zero attached hydrogens (tertiary/aromatic N) is 1. The third-order valence-corrected chi connectivity index (χ3v) is 4.43. The van der Waals surface area contributed by atoms with Crippen LogP contribution in [0.4, 0.5) is 18.9 Å². The van der Waals surface area contributed by atoms with Crippen LogP contribution in [0.5, 0.6) is 0 Å². The maximum absolute atomic E-state index is 13.6. The number of nitrogens with one attached hydrogen (secondary N) is 1. The molecule has 1 aromatic carbocycles. The number of ether oxygens (including phenoxy) is 1. The number of carbonyl (C=O) groups is 3. The van der Waals surface area contributed by atoms with Crippen LogP contribution >= 0.6 is 0 Å². The highest BCUT2D eigenvalue weighted by Crippen LogP contribution is 2.23. The molecule has 0 spiro atoms. The monoisotopic (exact) mass is 410 g/mol. The lowest BCUT2D eigenvalue weighted by atomic mass is 10.1. The largest absolute Gasteiger partial charge is 0.467 e. The minimum Gasteiger partial charge on any atom is -0.467 e. The summed E-state index contributed by atoms with van der Waals surface area (Å²) in [5.41, 5.74) is -0.586. The van der Waals surface area contributed by atoms with E-state index in [0.717, 1.165) is 6.07 Å². The number of likely N-dealkylation sites (tertiary alicyclic amines) is 1. The average Bonchev–Trinajstić information content (AvgIpc) is 3.32. The van der Waals surface area contributed by atoms with E-state index in [1.807, 2.05) is 5.32 Å². The van der Waals surface area contributed by atoms with Gasteiger partial charge in [-0.3, -0.25) is 14.4 Å². The van der Waals surface area contributed by atoms with Crippen molar-refractivity contribution in [1.29, 1.82) is 0 Å². The van der Waals surface area contributed by atoms with Crippen molar-refractivity contribution in [3.05, 3.63) is 53.7 Å². The van der Waals surface area contributed by atoms with Crippen LogP contribution in [-0.2, 0) is 25.7 Å². The quantitative estimate of drug-likeness (QED) is 0.584. The molecular formula is C19H17F3N2O5. The number of rotatable bonds is 6. The summed E-state index contributed by atoms with van der Waals surface area (Å²) in [6, 6.07) is 4.88. The molecule has 7 nitrogen and oxygen atoms in total. The lowest BCUT2D eigenvalue weighted by Gasteiger charge is -2.17. The summed E-state index contributed by atoms with van der Waals surface area (Å²) in [4.78, 5) is 37.9. The van der Waals surface area contributed by atoms with Crippen LogP contribution in [0.25, 0.3) is 0 Å². The zero-order valence-electron chi connectivity index (χ0n) is 15.3. The van der Waals surface area contributed by atoms with Crippen LogP contribution in [0.2, 0.25) is 0 Å². The van der Waals surface area contributed by atoms with Crippen molar-refractivity contribution in [2.45, 2.75) is 26.0 Å². The van der Waals surface area contributed by atoms with E-state index >= 15 is 0 Å². The van der Waals surface area contributed by atoms with Crippen molar-refractivity contribution in [2.24, 2.45) is 5.92 Å². The molecule has 2 atom stereocenters. The molecule has 29 heavy (non-hydrogen) atoms. The molecule has 0 radical (unpaired) electrons. The summed E-state index contributed by atoms with van der Waals surface area (Å²) < 4.78 is 50.1. The molecule has 1 aromatic heterocycles. The van der Waals surface area contributed by atoms with Gasteiger partial charge in [-0.05, 0) is 31.2 Å². The second-order valence-corrected chi connectivity index (χ2v) is 6.55. The topological polar surface area (TPSA) is 88.9 Å². The normalized spacial score (nSPS) is 17.3. The summed E-state index contributed by atoms with van der Waals surface area (Å²) in [7, 11) is 0. The van der Waals surface area contributed by atoms with Crippen LogP contribution in [-0.4, -0.2) is 35.3 Å². The zero-order chi connectivity index (χ0) is 21.1. The molecule has 0 saturated carbocycles. The molecule has 1 N–H and O–H groups in total. The standard InChI is InChI=1S/C19H17F3N2O5/c1-10(18(26)23-14-5-4-13(20)16(21)17(14)22)29-19(27)11-7-15(25)24(8-11)9-12-3-2-6-28-12/h2-6,10-11H,7-9H2,1H3,(H,23,26)/t10-,11-/m1/s1. The first-order valence-corrected chi connectivity index (χ1v) is 8.71. The fourth-order valence-corrected chi connectivity index (χ4v) is 2.85. The maximum atomic E-state index is 13.6. The fraction of sp³-hybridized carbons (Fsp3) is 0.316. The summed E-state index contributed by atoms with van der Waals surface area (Å²) in [6.07, 6.45) is 0.0490. The number of benzene rings is 1. The summed E-state index contributed by atoms with van der Waals surface area (Å²) >= 11 is 0. The molecule has 2 aromatic rings. The molecule has 154 valence electrons. The van der Waals surface area contributed by atoms with Crippen molar-refractivity contribution >= 4 is 23.5 Å². The van der Waals surface area contributed by atoms with Gasteiger partial charge in [-0.15, -0.1) is 0 Å². The molecule has 1 aliphatic rings. The van der Waals surface area contributed by atoms with E-state index in [1.54, 1.807) is 12.1 Å². The summed E-state index contributed by atoms with van der Waals surface area (Å²) in [6.45, 7) is 1.55. The molecule has 10 heteroatoms. The zero-order valence-corrected chi connectivity index (χ0v) is 15.3. The van der Waals surface area contributed by atoms with Gasteiger partial charge in [0, 0.05) is 13.0 Å². The average molecular weight is 410 g/mol. The van der Waals surface area contributed by atoms with Crippen molar-refractivity contribution in [2.75, 3.05) is 11.9 Å². The Labute approximate surface area is 163 Å². The van der Waals surface area contributed by atoms with Crippen LogP contribution in [0, 0.1) is 23.4 Å². The molecule has 2 heterocycles. The maximum Gasteiger partial charge on any atom is 0.312 e. The Morgan fingerprint density at radius 3 is 2.72 bits per heavy atom. The number of furan rings is 1. The minimum absolute atomic E-state index is 0.0777. The first-order valence-electron chi connectivity index (χ1n) is 8.71. The predicted octanol–water partition coefficient (Wildman–Crippen LogP) is 2.62. The van der Waals surface area contributed by atoms with Gasteiger partial charge in [-0.1, -0.05) is 0 Å². The Morgan fingerprint density at radius 1 is 1.28 bits per heavy atom. The van der Waals surface area contributed by atoms with Gasteiger partial charge in [0.1, 0.15) is 5.76 Å². The van der Waals surface area contributed by atoms with Gasteiger partial charge in [0.15, 0.2) is 23.6 Å². The van der Waals surface area contributed by atoms with E-state index in [4.69, 9.17) is 9.15 Å². The Kier molecular flexibility index (Phi) is 5.90. The summed E-state index contributed by atoms with van der Waals surface area (Å²) in [5, 5.41) is 2.03. The van der Waals surface area contributed by atoms with Crippen LogP contribution in [0.1, 0.15) is 19.1 Å². The molecule has 1 saturated heterocycles. The number of esters is 1. The van der Waals surface area contributed by atoms with E-state index in [2.05, 4.69) is 0 Å². The van der Waals surface area contributed by atoms with E-state index in [9.17, 15) is 27.6 Å². The molecule has 0 aliphatic carbocycles. The van der Waals surface area contributed by atoms with Gasteiger partial charge in [0.05, 0.1) is 24.4 Å². The number of hydrogen-bond acceptors (Lipinski definition) is 5. The molecule has 0 unspecified atom stereocenters. The van der Waals surface area contributed by atoms with Crippen molar-refractivity contribution < 1.29 is 36.7 Å². The van der Waals surface area contributed by atoms with E-state index in [0.29, 0.717) is 11.8 Å². The predicted molar refractivity (Wildman–Crippen MR) is 92.7 cm³/mol. The first kappa shape index (κ1) is 20.4. The highest BCUT2D eigenvalue weighted by Gasteiger charge is 2.37. The third kappa shape index (κ3) is 4.58. The number of carbonyl (C=O) groups excluding carboxylic acids is 3. The number of hydrogen-bond donors (Lipinski definition) is 1. The Morgan fingerprint density at radius 2 is 2.03 bits per heavy atom. The second kappa shape index (κ2) is 8.38. The van der Waals surface area contributed by atoms with Gasteiger partial charge in [0.25, 0.3) is 5.91 Å². The number of anilines is 1. The van der Waals surface area contributed by atoms with Crippen molar-refractivity contribution in [1.82, 2.24) is 4.90 Å². The first-order chi connectivity index (χ1) is 13.8. The van der Waals surface area contributed by atoms with Gasteiger partial charge < -0.3 is 19.4 Å². The van der Waals surface area contributed by atoms with Gasteiger partial charge in [0.2, 0.25) is 5.91 Å². The highest BCUT2D eigenvalue weighted by molar-refractivity contribution is 5.95. The molecule has 3 rings (SSSR count). The SMILES string of the molecule is C[C@@H](OC(=O)[C@@H]1CC(=O)N(Cc2ccco2)C1)C(=O)Nc1ccc(F)c(F)c1F. The summed E-state index contributed by atoms with van der Waals surface area (Å²) in [5.74, 6) is -6.86. The molecule has 1 aliphatic heterocycles. The van der Waals surface area contributed by atoms with Crippen molar-refractivity contribution in [3.63, 3.8) is 0 Å². The van der Waals surface area contributed by atoms with Gasteiger partial charge >= 0.3 is 5.97 Å². The van der Waals surface area contributed by atoms with Crippen LogP contribution < -0.4 is 5.32 Å². The molecular weight excluding hydrogens is 393 g/mol.